The van der Waals surface area contributed by atoms with Crippen LogP contribution in [-0.4, -0.2) is 11.9 Å². The van der Waals surface area contributed by atoms with Crippen molar-refractivity contribution in [3.63, 3.8) is 0 Å². The van der Waals surface area contributed by atoms with Crippen LogP contribution in [-0.2, 0) is 0 Å². The SMILES string of the molecule is Cc1ccc(F)cc1NC(=O)Nc1cc(NC(=O)c2ccccc2)ccc1-c1ccsc1. The molecule has 3 N–H and O–H groups in total. The number of amides is 3. The predicted molar refractivity (Wildman–Crippen MR) is 128 cm³/mol. The van der Waals surface area contributed by atoms with E-state index in [1.165, 1.54) is 12.1 Å². The standard InChI is InChI=1S/C25H20FN3O2S/c1-16-7-8-19(26)13-22(16)28-25(31)29-23-14-20(9-10-21(23)18-11-12-32-15-18)27-24(30)17-5-3-2-4-6-17/h2-15H,1H3,(H,27,30)(H2,28,29,31). The quantitative estimate of drug-likeness (QED) is 0.318. The van der Waals surface area contributed by atoms with Crippen molar-refractivity contribution in [2.45, 2.75) is 6.92 Å². The third-order valence-electron chi connectivity index (χ3n) is 4.84. The van der Waals surface area contributed by atoms with Crippen molar-refractivity contribution in [1.82, 2.24) is 0 Å². The van der Waals surface area contributed by atoms with Gasteiger partial charge < -0.3 is 16.0 Å². The van der Waals surface area contributed by atoms with Crippen LogP contribution in [0.2, 0.25) is 0 Å². The van der Waals surface area contributed by atoms with E-state index in [4.69, 9.17) is 0 Å². The molecule has 3 amide bonds. The van der Waals surface area contributed by atoms with Crippen LogP contribution in [0.25, 0.3) is 11.1 Å². The van der Waals surface area contributed by atoms with E-state index in [2.05, 4.69) is 16.0 Å². The Hall–Kier alpha value is -3.97. The lowest BCUT2D eigenvalue weighted by atomic mass is 10.1. The lowest BCUT2D eigenvalue weighted by molar-refractivity contribution is 0.102. The van der Waals surface area contributed by atoms with Gasteiger partial charge in [0.1, 0.15) is 5.82 Å². The van der Waals surface area contributed by atoms with Crippen LogP contribution in [0.3, 0.4) is 0 Å². The number of hydrogen-bond acceptors (Lipinski definition) is 3. The van der Waals surface area contributed by atoms with Gasteiger partial charge in [0.05, 0.1) is 5.69 Å². The number of anilines is 3. The van der Waals surface area contributed by atoms with E-state index < -0.39 is 11.8 Å². The first-order valence-electron chi connectivity index (χ1n) is 9.87. The summed E-state index contributed by atoms with van der Waals surface area (Å²) in [6.45, 7) is 1.78. The number of thiophene rings is 1. The van der Waals surface area contributed by atoms with Gasteiger partial charge in [-0.15, -0.1) is 0 Å². The first kappa shape index (κ1) is 21.3. The molecule has 4 aromatic rings. The maximum atomic E-state index is 13.6. The van der Waals surface area contributed by atoms with Gasteiger partial charge in [0.15, 0.2) is 0 Å². The number of carbonyl (C=O) groups is 2. The van der Waals surface area contributed by atoms with Crippen molar-refractivity contribution in [1.29, 1.82) is 0 Å². The van der Waals surface area contributed by atoms with Gasteiger partial charge in [-0.25, -0.2) is 9.18 Å². The maximum absolute atomic E-state index is 13.6. The second kappa shape index (κ2) is 9.45. The van der Waals surface area contributed by atoms with Crippen LogP contribution in [0.5, 0.6) is 0 Å². The zero-order valence-corrected chi connectivity index (χ0v) is 18.0. The van der Waals surface area contributed by atoms with Gasteiger partial charge in [0.25, 0.3) is 5.91 Å². The van der Waals surface area contributed by atoms with Crippen molar-refractivity contribution >= 4 is 40.3 Å². The molecule has 0 aliphatic heterocycles. The molecule has 32 heavy (non-hydrogen) atoms. The van der Waals surface area contributed by atoms with Crippen LogP contribution in [0, 0.1) is 12.7 Å². The highest BCUT2D eigenvalue weighted by Gasteiger charge is 2.13. The Morgan fingerprint density at radius 1 is 0.844 bits per heavy atom. The molecule has 0 fully saturated rings. The number of rotatable bonds is 5. The molecule has 0 bridgehead atoms. The fourth-order valence-electron chi connectivity index (χ4n) is 3.19. The van der Waals surface area contributed by atoms with Crippen molar-refractivity contribution in [2.75, 3.05) is 16.0 Å². The summed E-state index contributed by atoms with van der Waals surface area (Å²) in [6, 6.07) is 19.8. The molecule has 1 heterocycles. The Morgan fingerprint density at radius 2 is 1.62 bits per heavy atom. The molecule has 0 aliphatic rings. The van der Waals surface area contributed by atoms with Crippen molar-refractivity contribution < 1.29 is 14.0 Å². The molecule has 0 saturated heterocycles. The highest BCUT2D eigenvalue weighted by Crippen LogP contribution is 2.32. The summed E-state index contributed by atoms with van der Waals surface area (Å²) in [6.07, 6.45) is 0. The van der Waals surface area contributed by atoms with Gasteiger partial charge in [-0.2, -0.15) is 11.3 Å². The number of nitrogens with one attached hydrogen (secondary N) is 3. The van der Waals surface area contributed by atoms with E-state index in [9.17, 15) is 14.0 Å². The highest BCUT2D eigenvalue weighted by molar-refractivity contribution is 7.08. The summed E-state index contributed by atoms with van der Waals surface area (Å²) in [5.41, 5.74) is 4.44. The fourth-order valence-corrected chi connectivity index (χ4v) is 3.85. The van der Waals surface area contributed by atoms with Gasteiger partial charge in [0, 0.05) is 22.5 Å². The first-order chi connectivity index (χ1) is 15.5. The molecule has 0 spiro atoms. The minimum Gasteiger partial charge on any atom is -0.322 e. The Kier molecular flexibility index (Phi) is 6.28. The molecular formula is C25H20FN3O2S. The Labute approximate surface area is 188 Å². The molecule has 7 heteroatoms. The largest absolute Gasteiger partial charge is 0.323 e. The van der Waals surface area contributed by atoms with Crippen molar-refractivity contribution in [3.8, 4) is 11.1 Å². The fraction of sp³-hybridized carbons (Fsp3) is 0.0400. The molecule has 0 atom stereocenters. The molecule has 5 nitrogen and oxygen atoms in total. The zero-order valence-electron chi connectivity index (χ0n) is 17.2. The average molecular weight is 446 g/mol. The molecule has 0 aliphatic carbocycles. The van der Waals surface area contributed by atoms with Gasteiger partial charge in [-0.1, -0.05) is 30.3 Å². The summed E-state index contributed by atoms with van der Waals surface area (Å²) < 4.78 is 13.6. The summed E-state index contributed by atoms with van der Waals surface area (Å²) in [4.78, 5) is 25.2. The van der Waals surface area contributed by atoms with Gasteiger partial charge in [-0.05, 0) is 71.3 Å². The average Bonchev–Trinajstić information content (AvgIpc) is 3.32. The number of halogens is 1. The summed E-state index contributed by atoms with van der Waals surface area (Å²) >= 11 is 1.54. The van der Waals surface area contributed by atoms with Crippen LogP contribution in [0.4, 0.5) is 26.2 Å². The molecule has 0 radical (unpaired) electrons. The normalized spacial score (nSPS) is 10.4. The lowest BCUT2D eigenvalue weighted by Crippen LogP contribution is -2.21. The smallest absolute Gasteiger partial charge is 0.322 e. The monoisotopic (exact) mass is 445 g/mol. The van der Waals surface area contributed by atoms with Crippen LogP contribution < -0.4 is 16.0 Å². The molecule has 3 aromatic carbocycles. The predicted octanol–water partition coefficient (Wildman–Crippen LogP) is 6.76. The lowest BCUT2D eigenvalue weighted by Gasteiger charge is -2.15. The van der Waals surface area contributed by atoms with Gasteiger partial charge in [0.2, 0.25) is 0 Å². The third kappa shape index (κ3) is 5.01. The van der Waals surface area contributed by atoms with E-state index in [0.717, 1.165) is 16.7 Å². The van der Waals surface area contributed by atoms with E-state index >= 15 is 0 Å². The molecule has 4 rings (SSSR count). The van der Waals surface area contributed by atoms with Gasteiger partial charge in [-0.3, -0.25) is 4.79 Å². The van der Waals surface area contributed by atoms with E-state index in [0.29, 0.717) is 22.6 Å². The van der Waals surface area contributed by atoms with Crippen LogP contribution in [0.15, 0.2) is 83.6 Å². The second-order valence-corrected chi connectivity index (χ2v) is 7.91. The minimum atomic E-state index is -0.512. The Balaban J connectivity index is 1.59. The van der Waals surface area contributed by atoms with Crippen LogP contribution in [0.1, 0.15) is 15.9 Å². The summed E-state index contributed by atoms with van der Waals surface area (Å²) in [5.74, 6) is -0.685. The zero-order chi connectivity index (χ0) is 22.5. The molecule has 160 valence electrons. The van der Waals surface area contributed by atoms with Crippen molar-refractivity contribution in [2.24, 2.45) is 0 Å². The number of benzene rings is 3. The topological polar surface area (TPSA) is 70.2 Å². The highest BCUT2D eigenvalue weighted by atomic mass is 32.1. The van der Waals surface area contributed by atoms with Crippen LogP contribution >= 0.6 is 11.3 Å². The number of carbonyl (C=O) groups excluding carboxylic acids is 2. The summed E-state index contributed by atoms with van der Waals surface area (Å²) in [7, 11) is 0. The molecular weight excluding hydrogens is 425 g/mol. The first-order valence-corrected chi connectivity index (χ1v) is 10.8. The molecule has 0 saturated carbocycles. The van der Waals surface area contributed by atoms with Crippen molar-refractivity contribution in [3.05, 3.63) is 101 Å². The Bertz CT molecular complexity index is 1260. The molecule has 0 unspecified atom stereocenters. The van der Waals surface area contributed by atoms with E-state index in [-0.39, 0.29) is 5.91 Å². The third-order valence-corrected chi connectivity index (χ3v) is 5.52. The van der Waals surface area contributed by atoms with E-state index in [1.54, 1.807) is 60.7 Å². The second-order valence-electron chi connectivity index (χ2n) is 7.13. The number of aryl methyl sites for hydroxylation is 1. The summed E-state index contributed by atoms with van der Waals surface area (Å²) in [5, 5.41) is 12.3. The maximum Gasteiger partial charge on any atom is 0.323 e. The number of urea groups is 1. The van der Waals surface area contributed by atoms with E-state index in [1.807, 2.05) is 29.0 Å². The Morgan fingerprint density at radius 3 is 2.38 bits per heavy atom. The van der Waals surface area contributed by atoms with Gasteiger partial charge >= 0.3 is 6.03 Å². The molecule has 1 aromatic heterocycles. The number of hydrogen-bond donors (Lipinski definition) is 3. The minimum absolute atomic E-state index is 0.250.